The number of para-hydroxylation sites is 1. The van der Waals surface area contributed by atoms with Crippen LogP contribution >= 0.6 is 23.2 Å². The van der Waals surface area contributed by atoms with Gasteiger partial charge in [-0.25, -0.2) is 14.4 Å². The predicted molar refractivity (Wildman–Crippen MR) is 79.7 cm³/mol. The third kappa shape index (κ3) is 2.23. The minimum absolute atomic E-state index is 0.300. The molecule has 0 radical (unpaired) electrons. The standard InChI is InChI=1S/C15H9Cl2FN2/c1-8-5-6-9(7-12(8)18)15-19-13-10(14(17)20-15)3-2-4-11(13)16/h2-7H,1H3. The number of benzene rings is 2. The zero-order valence-electron chi connectivity index (χ0n) is 10.5. The summed E-state index contributed by atoms with van der Waals surface area (Å²) in [7, 11) is 0. The molecule has 5 heteroatoms. The Labute approximate surface area is 125 Å². The zero-order valence-corrected chi connectivity index (χ0v) is 12.0. The fourth-order valence-electron chi connectivity index (χ4n) is 1.94. The van der Waals surface area contributed by atoms with Gasteiger partial charge in [-0.15, -0.1) is 0 Å². The molecule has 1 aromatic heterocycles. The highest BCUT2D eigenvalue weighted by atomic mass is 35.5. The van der Waals surface area contributed by atoms with Crippen LogP contribution in [-0.2, 0) is 0 Å². The van der Waals surface area contributed by atoms with Gasteiger partial charge in [0.15, 0.2) is 5.82 Å². The quantitative estimate of drug-likeness (QED) is 0.588. The summed E-state index contributed by atoms with van der Waals surface area (Å²) in [6, 6.07) is 10.1. The maximum absolute atomic E-state index is 13.6. The second-order valence-electron chi connectivity index (χ2n) is 4.44. The van der Waals surface area contributed by atoms with Gasteiger partial charge in [-0.2, -0.15) is 0 Å². The molecule has 2 nitrogen and oxygen atoms in total. The molecule has 0 fully saturated rings. The van der Waals surface area contributed by atoms with E-state index in [1.165, 1.54) is 6.07 Å². The van der Waals surface area contributed by atoms with Gasteiger partial charge in [-0.05, 0) is 30.7 Å². The molecule has 0 amide bonds. The summed E-state index contributed by atoms with van der Waals surface area (Å²) in [4.78, 5) is 8.59. The summed E-state index contributed by atoms with van der Waals surface area (Å²) in [5, 5.41) is 1.46. The smallest absolute Gasteiger partial charge is 0.161 e. The minimum Gasteiger partial charge on any atom is -0.226 e. The van der Waals surface area contributed by atoms with E-state index < -0.39 is 0 Å². The van der Waals surface area contributed by atoms with Crippen molar-refractivity contribution in [2.24, 2.45) is 0 Å². The molecule has 0 unspecified atom stereocenters. The summed E-state index contributed by atoms with van der Waals surface area (Å²) in [6.07, 6.45) is 0. The van der Waals surface area contributed by atoms with Crippen LogP contribution in [0, 0.1) is 12.7 Å². The molecule has 0 aliphatic carbocycles. The fraction of sp³-hybridized carbons (Fsp3) is 0.0667. The van der Waals surface area contributed by atoms with Crippen LogP contribution in [0.5, 0.6) is 0 Å². The van der Waals surface area contributed by atoms with Crippen LogP contribution in [0.4, 0.5) is 4.39 Å². The number of rotatable bonds is 1. The monoisotopic (exact) mass is 306 g/mol. The molecule has 0 saturated heterocycles. The number of aromatic nitrogens is 2. The van der Waals surface area contributed by atoms with Crippen LogP contribution in [0.25, 0.3) is 22.3 Å². The Bertz CT molecular complexity index is 818. The van der Waals surface area contributed by atoms with Crippen molar-refractivity contribution in [3.8, 4) is 11.4 Å². The van der Waals surface area contributed by atoms with Gasteiger partial charge in [0, 0.05) is 10.9 Å². The van der Waals surface area contributed by atoms with E-state index in [0.717, 1.165) is 0 Å². The number of nitrogens with zero attached hydrogens (tertiary/aromatic N) is 2. The van der Waals surface area contributed by atoms with E-state index in [1.54, 1.807) is 37.3 Å². The van der Waals surface area contributed by atoms with Gasteiger partial charge in [0.05, 0.1) is 10.5 Å². The number of halogens is 3. The molecular weight excluding hydrogens is 298 g/mol. The van der Waals surface area contributed by atoms with Crippen LogP contribution < -0.4 is 0 Å². The number of aryl methyl sites for hydroxylation is 1. The number of hydrogen-bond donors (Lipinski definition) is 0. The topological polar surface area (TPSA) is 25.8 Å². The Kier molecular flexibility index (Phi) is 3.32. The Morgan fingerprint density at radius 2 is 1.85 bits per heavy atom. The highest BCUT2D eigenvalue weighted by Gasteiger charge is 2.11. The molecule has 0 aliphatic heterocycles. The first-order valence-electron chi connectivity index (χ1n) is 5.94. The Balaban J connectivity index is 2.26. The van der Waals surface area contributed by atoms with E-state index in [1.807, 2.05) is 0 Å². The highest BCUT2D eigenvalue weighted by Crippen LogP contribution is 2.29. The lowest BCUT2D eigenvalue weighted by Crippen LogP contribution is -1.94. The molecule has 0 atom stereocenters. The summed E-state index contributed by atoms with van der Waals surface area (Å²) in [6.45, 7) is 1.70. The number of fused-ring (bicyclic) bond motifs is 1. The van der Waals surface area contributed by atoms with Gasteiger partial charge in [-0.3, -0.25) is 0 Å². The van der Waals surface area contributed by atoms with Gasteiger partial charge in [0.2, 0.25) is 0 Å². The van der Waals surface area contributed by atoms with Gasteiger partial charge in [0.25, 0.3) is 0 Å². The summed E-state index contributed by atoms with van der Waals surface area (Å²) in [5.41, 5.74) is 1.70. The van der Waals surface area contributed by atoms with Crippen LogP contribution in [0.15, 0.2) is 36.4 Å². The van der Waals surface area contributed by atoms with Gasteiger partial charge < -0.3 is 0 Å². The molecular formula is C15H9Cl2FN2. The average molecular weight is 307 g/mol. The van der Waals surface area contributed by atoms with E-state index in [2.05, 4.69) is 9.97 Å². The van der Waals surface area contributed by atoms with Crippen molar-refractivity contribution in [3.05, 3.63) is 58.0 Å². The lowest BCUT2D eigenvalue weighted by Gasteiger charge is -2.06. The molecule has 3 rings (SSSR count). The van der Waals surface area contributed by atoms with Crippen molar-refractivity contribution in [1.29, 1.82) is 0 Å². The average Bonchev–Trinajstić information content (AvgIpc) is 2.43. The van der Waals surface area contributed by atoms with Crippen molar-refractivity contribution < 1.29 is 4.39 Å². The third-order valence-corrected chi connectivity index (χ3v) is 3.65. The van der Waals surface area contributed by atoms with Gasteiger partial charge in [-0.1, -0.05) is 41.4 Å². The SMILES string of the molecule is Cc1ccc(-c2nc(Cl)c3cccc(Cl)c3n2)cc1F. The van der Waals surface area contributed by atoms with E-state index >= 15 is 0 Å². The Hall–Kier alpha value is -1.71. The first kappa shape index (κ1) is 13.3. The Morgan fingerprint density at radius 3 is 2.60 bits per heavy atom. The maximum atomic E-state index is 13.6. The van der Waals surface area contributed by atoms with Crippen LogP contribution in [-0.4, -0.2) is 9.97 Å². The van der Waals surface area contributed by atoms with E-state index in [4.69, 9.17) is 23.2 Å². The molecule has 0 aliphatic rings. The fourth-order valence-corrected chi connectivity index (χ4v) is 2.39. The highest BCUT2D eigenvalue weighted by molar-refractivity contribution is 6.38. The van der Waals surface area contributed by atoms with Gasteiger partial charge in [0.1, 0.15) is 11.0 Å². The van der Waals surface area contributed by atoms with Crippen molar-refractivity contribution in [1.82, 2.24) is 9.97 Å². The molecule has 0 spiro atoms. The molecule has 0 saturated carbocycles. The summed E-state index contributed by atoms with van der Waals surface area (Å²) < 4.78 is 13.6. The summed E-state index contributed by atoms with van der Waals surface area (Å²) >= 11 is 12.3. The van der Waals surface area contributed by atoms with Crippen molar-refractivity contribution >= 4 is 34.1 Å². The molecule has 0 N–H and O–H groups in total. The van der Waals surface area contributed by atoms with E-state index in [-0.39, 0.29) is 5.82 Å². The third-order valence-electron chi connectivity index (χ3n) is 3.06. The van der Waals surface area contributed by atoms with Crippen LogP contribution in [0.1, 0.15) is 5.56 Å². The molecule has 20 heavy (non-hydrogen) atoms. The predicted octanol–water partition coefficient (Wildman–Crippen LogP) is 5.05. The second kappa shape index (κ2) is 5.00. The lowest BCUT2D eigenvalue weighted by atomic mass is 10.1. The van der Waals surface area contributed by atoms with Crippen molar-refractivity contribution in [2.45, 2.75) is 6.92 Å². The largest absolute Gasteiger partial charge is 0.226 e. The maximum Gasteiger partial charge on any atom is 0.161 e. The normalized spacial score (nSPS) is 11.0. The first-order chi connectivity index (χ1) is 9.56. The van der Waals surface area contributed by atoms with Crippen molar-refractivity contribution in [3.63, 3.8) is 0 Å². The van der Waals surface area contributed by atoms with E-state index in [0.29, 0.717) is 38.0 Å². The Morgan fingerprint density at radius 1 is 1.05 bits per heavy atom. The van der Waals surface area contributed by atoms with E-state index in [9.17, 15) is 4.39 Å². The van der Waals surface area contributed by atoms with Crippen molar-refractivity contribution in [2.75, 3.05) is 0 Å². The molecule has 100 valence electrons. The minimum atomic E-state index is -0.304. The molecule has 0 bridgehead atoms. The summed E-state index contributed by atoms with van der Waals surface area (Å²) in [5.74, 6) is 0.0518. The van der Waals surface area contributed by atoms with Gasteiger partial charge >= 0.3 is 0 Å². The second-order valence-corrected chi connectivity index (χ2v) is 5.20. The first-order valence-corrected chi connectivity index (χ1v) is 6.70. The molecule has 3 aromatic rings. The van der Waals surface area contributed by atoms with Crippen LogP contribution in [0.2, 0.25) is 10.2 Å². The number of hydrogen-bond acceptors (Lipinski definition) is 2. The molecule has 1 heterocycles. The van der Waals surface area contributed by atoms with Crippen LogP contribution in [0.3, 0.4) is 0 Å². The lowest BCUT2D eigenvalue weighted by molar-refractivity contribution is 0.619. The molecule has 2 aromatic carbocycles. The zero-order chi connectivity index (χ0) is 14.3.